The molecule has 1 aromatic carbocycles. The van der Waals surface area contributed by atoms with Gasteiger partial charge in [0, 0.05) is 24.4 Å². The molecule has 6 atom stereocenters. The Morgan fingerprint density at radius 1 is 1.33 bits per heavy atom. The lowest BCUT2D eigenvalue weighted by molar-refractivity contribution is -0.175. The van der Waals surface area contributed by atoms with E-state index in [1.165, 1.54) is 6.92 Å². The van der Waals surface area contributed by atoms with Gasteiger partial charge >= 0.3 is 17.9 Å². The zero-order valence-corrected chi connectivity index (χ0v) is 20.1. The van der Waals surface area contributed by atoms with Crippen LogP contribution in [0.3, 0.4) is 0 Å². The minimum atomic E-state index is -1.26. The van der Waals surface area contributed by atoms with Crippen molar-refractivity contribution in [1.82, 2.24) is 4.90 Å². The molecule has 1 fully saturated rings. The number of rotatable bonds is 7. The summed E-state index contributed by atoms with van der Waals surface area (Å²) in [5.74, 6) is -2.37. The van der Waals surface area contributed by atoms with Crippen molar-refractivity contribution in [3.63, 3.8) is 0 Å². The molecule has 2 aliphatic carbocycles. The van der Waals surface area contributed by atoms with Gasteiger partial charge in [-0.2, -0.15) is 0 Å². The van der Waals surface area contributed by atoms with Crippen LogP contribution in [0.2, 0.25) is 0 Å². The Hall–Kier alpha value is -3.15. The zero-order chi connectivity index (χ0) is 26.0. The molecule has 2 bridgehead atoms. The minimum absolute atomic E-state index is 0.0372. The molecule has 0 unspecified atom stereocenters. The van der Waals surface area contributed by atoms with Gasteiger partial charge in [0.05, 0.1) is 11.0 Å². The number of carbonyl (C=O) groups excluding carboxylic acids is 2. The van der Waals surface area contributed by atoms with E-state index in [1.807, 2.05) is 13.1 Å². The lowest BCUT2D eigenvalue weighted by atomic mass is 9.50. The van der Waals surface area contributed by atoms with Crippen LogP contribution in [-0.4, -0.2) is 81.6 Å². The van der Waals surface area contributed by atoms with Gasteiger partial charge < -0.3 is 40.2 Å². The molecule has 11 nitrogen and oxygen atoms in total. The van der Waals surface area contributed by atoms with Crippen molar-refractivity contribution < 1.29 is 43.9 Å². The molecule has 0 aromatic heterocycles. The normalized spacial score (nSPS) is 31.4. The highest BCUT2D eigenvalue weighted by Crippen LogP contribution is 2.65. The average Bonchev–Trinajstić information content (AvgIpc) is 3.19. The molecular formula is C25H30N2O9. The topological polar surface area (TPSA) is 169 Å². The molecule has 2 heterocycles. The van der Waals surface area contributed by atoms with Crippen molar-refractivity contribution in [2.75, 3.05) is 13.6 Å². The van der Waals surface area contributed by atoms with Crippen LogP contribution >= 0.6 is 0 Å². The van der Waals surface area contributed by atoms with E-state index in [4.69, 9.17) is 25.1 Å². The van der Waals surface area contributed by atoms with Crippen molar-refractivity contribution in [3.8, 4) is 11.5 Å². The van der Waals surface area contributed by atoms with E-state index in [2.05, 4.69) is 4.90 Å². The molecule has 36 heavy (non-hydrogen) atoms. The van der Waals surface area contributed by atoms with Crippen LogP contribution in [0.25, 0.3) is 0 Å². The molecule has 1 spiro atoms. The van der Waals surface area contributed by atoms with E-state index >= 15 is 0 Å². The maximum atomic E-state index is 12.9. The van der Waals surface area contributed by atoms with E-state index in [0.717, 1.165) is 11.1 Å². The van der Waals surface area contributed by atoms with Gasteiger partial charge in [0.15, 0.2) is 23.7 Å². The molecule has 2 aliphatic heterocycles. The predicted molar refractivity (Wildman–Crippen MR) is 123 cm³/mol. The Balaban J connectivity index is 1.38. The third-order valence-electron chi connectivity index (χ3n) is 8.19. The van der Waals surface area contributed by atoms with Crippen LogP contribution in [0.4, 0.5) is 0 Å². The van der Waals surface area contributed by atoms with Gasteiger partial charge in [0.1, 0.15) is 11.8 Å². The van der Waals surface area contributed by atoms with Gasteiger partial charge in [0.25, 0.3) is 0 Å². The van der Waals surface area contributed by atoms with E-state index in [0.29, 0.717) is 25.1 Å². The second-order valence-corrected chi connectivity index (χ2v) is 10.1. The van der Waals surface area contributed by atoms with Crippen molar-refractivity contribution in [2.24, 2.45) is 5.73 Å². The fraction of sp³-hybridized carbons (Fsp3) is 0.560. The van der Waals surface area contributed by atoms with Gasteiger partial charge in [-0.3, -0.25) is 9.59 Å². The van der Waals surface area contributed by atoms with Gasteiger partial charge in [-0.05, 0) is 57.5 Å². The molecule has 0 radical (unpaired) electrons. The van der Waals surface area contributed by atoms with Crippen LogP contribution in [-0.2, 0) is 35.7 Å². The van der Waals surface area contributed by atoms with Crippen LogP contribution < -0.4 is 10.5 Å². The number of benzene rings is 1. The van der Waals surface area contributed by atoms with Crippen molar-refractivity contribution in [1.29, 1.82) is 0 Å². The summed E-state index contributed by atoms with van der Waals surface area (Å²) < 4.78 is 17.0. The third-order valence-corrected chi connectivity index (χ3v) is 8.19. The summed E-state index contributed by atoms with van der Waals surface area (Å²) in [6.45, 7) is 2.05. The molecule has 1 saturated heterocycles. The van der Waals surface area contributed by atoms with E-state index in [9.17, 15) is 24.6 Å². The number of phenols is 1. The first-order valence-electron chi connectivity index (χ1n) is 12.0. The Labute approximate surface area is 207 Å². The number of hydrogen-bond acceptors (Lipinski definition) is 10. The van der Waals surface area contributed by atoms with E-state index in [1.54, 1.807) is 12.1 Å². The fourth-order valence-electron chi connectivity index (χ4n) is 6.34. The number of phenolic OH excluding ortho intramolecular Hbond substituents is 1. The Morgan fingerprint density at radius 3 is 2.81 bits per heavy atom. The number of likely N-dealkylation sites (N-methyl/N-ethyl adjacent to an activating group) is 1. The number of hydrogen-bond donors (Lipinski definition) is 4. The second-order valence-electron chi connectivity index (χ2n) is 10.1. The molecule has 5 rings (SSSR count). The number of carbonyl (C=O) groups is 3. The molecule has 5 N–H and O–H groups in total. The SMILES string of the molecule is C[C@H](OC(=O)CC[C@H](N)C(=O)O)C(=O)OC1=CC[C@@]2(O)[C@H]3Cc4ccc(O)c5c4[C@@]2(CCN3C)[C@H]1O5. The van der Waals surface area contributed by atoms with Gasteiger partial charge in [-0.15, -0.1) is 0 Å². The quantitative estimate of drug-likeness (QED) is 0.379. The number of carboxylic acid groups (broad SMARTS) is 1. The van der Waals surface area contributed by atoms with E-state index in [-0.39, 0.29) is 36.8 Å². The number of piperidine rings is 1. The van der Waals surface area contributed by atoms with Crippen LogP contribution in [0, 0.1) is 0 Å². The number of nitrogens with zero attached hydrogens (tertiary/aromatic N) is 1. The largest absolute Gasteiger partial charge is 0.504 e. The molecule has 11 heteroatoms. The van der Waals surface area contributed by atoms with Crippen molar-refractivity contribution >= 4 is 17.9 Å². The highest BCUT2D eigenvalue weighted by Gasteiger charge is 2.72. The number of aliphatic hydroxyl groups is 1. The monoisotopic (exact) mass is 502 g/mol. The lowest BCUT2D eigenvalue weighted by Crippen LogP contribution is -2.74. The summed E-state index contributed by atoms with van der Waals surface area (Å²) in [5.41, 5.74) is 5.07. The molecule has 1 aromatic rings. The third kappa shape index (κ3) is 3.40. The zero-order valence-electron chi connectivity index (χ0n) is 20.1. The maximum Gasteiger partial charge on any atom is 0.352 e. The fourth-order valence-corrected chi connectivity index (χ4v) is 6.34. The lowest BCUT2D eigenvalue weighted by Gasteiger charge is -2.61. The first-order valence-corrected chi connectivity index (χ1v) is 12.0. The molecule has 0 saturated carbocycles. The Kier molecular flexibility index (Phi) is 5.77. The van der Waals surface area contributed by atoms with Gasteiger partial charge in [-0.1, -0.05) is 6.07 Å². The summed E-state index contributed by atoms with van der Waals surface area (Å²) in [7, 11) is 1.98. The summed E-state index contributed by atoms with van der Waals surface area (Å²) in [6.07, 6.45) is 0.515. The number of likely N-dealkylation sites (tertiary alicyclic amines) is 1. The highest BCUT2D eigenvalue weighted by atomic mass is 16.6. The van der Waals surface area contributed by atoms with Crippen LogP contribution in [0.5, 0.6) is 11.5 Å². The van der Waals surface area contributed by atoms with Crippen LogP contribution in [0.15, 0.2) is 24.0 Å². The second kappa shape index (κ2) is 8.46. The highest BCUT2D eigenvalue weighted by molar-refractivity contribution is 5.80. The first kappa shape index (κ1) is 24.5. The van der Waals surface area contributed by atoms with E-state index < -0.39 is 47.2 Å². The number of aromatic hydroxyl groups is 1. The number of ether oxygens (including phenoxy) is 3. The van der Waals surface area contributed by atoms with Crippen molar-refractivity contribution in [2.45, 2.75) is 74.3 Å². The smallest absolute Gasteiger partial charge is 0.352 e. The number of aliphatic carboxylic acids is 1. The van der Waals surface area contributed by atoms with Crippen molar-refractivity contribution in [3.05, 3.63) is 35.1 Å². The summed E-state index contributed by atoms with van der Waals surface area (Å²) >= 11 is 0. The van der Waals surface area contributed by atoms with Crippen LogP contribution in [0.1, 0.15) is 43.7 Å². The standard InChI is InChI=1S/C25H30N2O9/c1-12(34-18(29)6-4-14(26)22(30)31)23(32)35-16-7-8-25(33)17-11-13-3-5-15(28)20-19(13)24(25,21(16)36-20)9-10-27(17)2/h3,5,7,12,14,17,21,28,33H,4,6,8-11,26H2,1-2H3,(H,30,31)/t12-,14-,17+,21-,24-,25+/m0/s1. The maximum absolute atomic E-state index is 12.9. The Morgan fingerprint density at radius 2 is 2.08 bits per heavy atom. The number of esters is 2. The average molecular weight is 503 g/mol. The van der Waals surface area contributed by atoms with Gasteiger partial charge in [-0.25, -0.2) is 4.79 Å². The first-order chi connectivity index (χ1) is 17.0. The molecule has 0 amide bonds. The Bertz CT molecular complexity index is 1170. The predicted octanol–water partition coefficient (Wildman–Crippen LogP) is 0.337. The molecular weight excluding hydrogens is 472 g/mol. The van der Waals surface area contributed by atoms with Gasteiger partial charge in [0.2, 0.25) is 0 Å². The summed E-state index contributed by atoms with van der Waals surface area (Å²) in [4.78, 5) is 37.9. The number of nitrogens with two attached hydrogens (primary N) is 1. The molecule has 4 aliphatic rings. The number of carboxylic acids is 1. The summed E-state index contributed by atoms with van der Waals surface area (Å²) in [6, 6.07) is 2.05. The summed E-state index contributed by atoms with van der Waals surface area (Å²) in [5, 5.41) is 31.5. The molecule has 194 valence electrons. The minimum Gasteiger partial charge on any atom is -0.504 e.